The number of fused-ring (bicyclic) bond motifs is 1. The van der Waals surface area contributed by atoms with Gasteiger partial charge in [-0.15, -0.1) is 0 Å². The van der Waals surface area contributed by atoms with Gasteiger partial charge in [0.1, 0.15) is 5.65 Å². The van der Waals surface area contributed by atoms with E-state index in [2.05, 4.69) is 45.1 Å². The summed E-state index contributed by atoms with van der Waals surface area (Å²) in [6.07, 6.45) is 3.20. The van der Waals surface area contributed by atoms with Gasteiger partial charge in [0.2, 0.25) is 0 Å². The molecule has 0 amide bonds. The number of nitrogens with one attached hydrogen (secondary N) is 2. The summed E-state index contributed by atoms with van der Waals surface area (Å²) in [6.45, 7) is 5.01. The fourth-order valence-corrected chi connectivity index (χ4v) is 1.79. The molecule has 2 aromatic heterocycles. The largest absolute Gasteiger partial charge is 0.383 e. The lowest BCUT2D eigenvalue weighted by Crippen LogP contribution is -2.07. The van der Waals surface area contributed by atoms with Crippen LogP contribution in [0, 0.1) is 11.7 Å². The third-order valence-corrected chi connectivity index (χ3v) is 2.85. The summed E-state index contributed by atoms with van der Waals surface area (Å²) >= 11 is 3.14. The van der Waals surface area contributed by atoms with E-state index in [-0.39, 0.29) is 5.82 Å². The summed E-state index contributed by atoms with van der Waals surface area (Å²) < 4.78 is 14.3. The second-order valence-electron chi connectivity index (χ2n) is 4.12. The van der Waals surface area contributed by atoms with Crippen molar-refractivity contribution in [2.45, 2.75) is 13.8 Å². The topological polar surface area (TPSA) is 40.7 Å². The molecule has 0 aromatic carbocycles. The standard InChI is InChI=1S/C11H13BrFN3/c1-6(2)3-14-8-5-16-11-9(8)10(13)7(12)4-15-11/h4-6,14H,3H2,1-2H3,(H,15,16). The molecule has 2 rings (SSSR count). The molecule has 0 radical (unpaired) electrons. The number of nitrogens with zero attached hydrogens (tertiary/aromatic N) is 1. The summed E-state index contributed by atoms with van der Waals surface area (Å²) in [5.41, 5.74) is 1.32. The van der Waals surface area contributed by atoms with Crippen molar-refractivity contribution in [3.05, 3.63) is 22.7 Å². The average Bonchev–Trinajstić information content (AvgIpc) is 2.64. The number of anilines is 1. The molecule has 0 saturated carbocycles. The lowest BCUT2D eigenvalue weighted by molar-refractivity contribution is 0.631. The molecule has 0 aliphatic heterocycles. The van der Waals surface area contributed by atoms with Crippen LogP contribution in [0.1, 0.15) is 13.8 Å². The van der Waals surface area contributed by atoms with Crippen LogP contribution in [0.25, 0.3) is 11.0 Å². The van der Waals surface area contributed by atoms with Gasteiger partial charge in [0, 0.05) is 18.9 Å². The number of H-pyrrole nitrogens is 1. The van der Waals surface area contributed by atoms with E-state index in [1.54, 1.807) is 6.20 Å². The Morgan fingerprint density at radius 3 is 3.00 bits per heavy atom. The van der Waals surface area contributed by atoms with Gasteiger partial charge in [-0.2, -0.15) is 0 Å². The zero-order valence-corrected chi connectivity index (χ0v) is 10.7. The molecule has 0 spiro atoms. The van der Waals surface area contributed by atoms with Gasteiger partial charge < -0.3 is 10.3 Å². The molecule has 0 aliphatic rings. The molecule has 5 heteroatoms. The molecule has 3 nitrogen and oxygen atoms in total. The van der Waals surface area contributed by atoms with Crippen molar-refractivity contribution in [1.29, 1.82) is 0 Å². The Bertz CT molecular complexity index is 507. The number of rotatable bonds is 3. The fourth-order valence-electron chi connectivity index (χ4n) is 1.49. The maximum Gasteiger partial charge on any atom is 0.152 e. The lowest BCUT2D eigenvalue weighted by Gasteiger charge is -2.07. The Labute approximate surface area is 102 Å². The molecule has 0 bridgehead atoms. The highest BCUT2D eigenvalue weighted by Crippen LogP contribution is 2.28. The van der Waals surface area contributed by atoms with Crippen molar-refractivity contribution in [3.8, 4) is 0 Å². The third kappa shape index (κ3) is 2.04. The Kier molecular flexibility index (Phi) is 3.14. The summed E-state index contributed by atoms with van der Waals surface area (Å²) in [5, 5.41) is 3.71. The molecule has 2 N–H and O–H groups in total. The smallest absolute Gasteiger partial charge is 0.152 e. The maximum atomic E-state index is 13.9. The van der Waals surface area contributed by atoms with Crippen molar-refractivity contribution in [1.82, 2.24) is 9.97 Å². The molecule has 0 saturated heterocycles. The second kappa shape index (κ2) is 4.41. The minimum atomic E-state index is -0.280. The van der Waals surface area contributed by atoms with Gasteiger partial charge in [-0.3, -0.25) is 0 Å². The Morgan fingerprint density at radius 1 is 1.56 bits per heavy atom. The van der Waals surface area contributed by atoms with Crippen LogP contribution in [0.5, 0.6) is 0 Å². The summed E-state index contributed by atoms with van der Waals surface area (Å²) in [4.78, 5) is 7.05. The Balaban J connectivity index is 2.42. The van der Waals surface area contributed by atoms with E-state index in [1.165, 1.54) is 6.20 Å². The normalized spacial score (nSPS) is 11.3. The number of pyridine rings is 1. The zero-order chi connectivity index (χ0) is 11.7. The van der Waals surface area contributed by atoms with Crippen molar-refractivity contribution in [3.63, 3.8) is 0 Å². The molecule has 86 valence electrons. The van der Waals surface area contributed by atoms with E-state index < -0.39 is 0 Å². The van der Waals surface area contributed by atoms with E-state index in [4.69, 9.17) is 0 Å². The predicted octanol–water partition coefficient (Wildman–Crippen LogP) is 3.53. The van der Waals surface area contributed by atoms with Crippen LogP contribution in [0.2, 0.25) is 0 Å². The lowest BCUT2D eigenvalue weighted by atomic mass is 10.2. The van der Waals surface area contributed by atoms with Crippen LogP contribution in [0.3, 0.4) is 0 Å². The number of hydrogen-bond donors (Lipinski definition) is 2. The summed E-state index contributed by atoms with van der Waals surface area (Å²) in [5.74, 6) is 0.227. The van der Waals surface area contributed by atoms with Crippen LogP contribution < -0.4 is 5.32 Å². The minimum Gasteiger partial charge on any atom is -0.383 e. The first-order valence-corrected chi connectivity index (χ1v) is 5.94. The van der Waals surface area contributed by atoms with Crippen LogP contribution >= 0.6 is 15.9 Å². The van der Waals surface area contributed by atoms with Gasteiger partial charge in [-0.25, -0.2) is 9.37 Å². The molecule has 0 unspecified atom stereocenters. The first kappa shape index (κ1) is 11.4. The van der Waals surface area contributed by atoms with Crippen LogP contribution in [-0.2, 0) is 0 Å². The van der Waals surface area contributed by atoms with E-state index in [1.807, 2.05) is 0 Å². The molecule has 0 atom stereocenters. The van der Waals surface area contributed by atoms with E-state index in [0.29, 0.717) is 21.4 Å². The minimum absolute atomic E-state index is 0.280. The predicted molar refractivity (Wildman–Crippen MR) is 67.1 cm³/mol. The fraction of sp³-hybridized carbons (Fsp3) is 0.364. The van der Waals surface area contributed by atoms with Crippen LogP contribution in [-0.4, -0.2) is 16.5 Å². The van der Waals surface area contributed by atoms with Crippen molar-refractivity contribution in [2.24, 2.45) is 5.92 Å². The monoisotopic (exact) mass is 285 g/mol. The van der Waals surface area contributed by atoms with Gasteiger partial charge in [-0.1, -0.05) is 13.8 Å². The number of aromatic nitrogens is 2. The number of halogens is 2. The van der Waals surface area contributed by atoms with Crippen LogP contribution in [0.4, 0.5) is 10.1 Å². The Hall–Kier alpha value is -1.10. The van der Waals surface area contributed by atoms with Crippen molar-refractivity contribution in [2.75, 3.05) is 11.9 Å². The van der Waals surface area contributed by atoms with Gasteiger partial charge in [-0.05, 0) is 21.8 Å². The summed E-state index contributed by atoms with van der Waals surface area (Å²) in [6, 6.07) is 0. The highest BCUT2D eigenvalue weighted by atomic mass is 79.9. The molecule has 2 heterocycles. The van der Waals surface area contributed by atoms with E-state index >= 15 is 0 Å². The first-order chi connectivity index (χ1) is 7.59. The maximum absolute atomic E-state index is 13.9. The van der Waals surface area contributed by atoms with Crippen LogP contribution in [0.15, 0.2) is 16.9 Å². The summed E-state index contributed by atoms with van der Waals surface area (Å²) in [7, 11) is 0. The van der Waals surface area contributed by atoms with E-state index in [9.17, 15) is 4.39 Å². The van der Waals surface area contributed by atoms with E-state index in [0.717, 1.165) is 12.2 Å². The average molecular weight is 286 g/mol. The van der Waals surface area contributed by atoms with Crippen molar-refractivity contribution < 1.29 is 4.39 Å². The van der Waals surface area contributed by atoms with Crippen molar-refractivity contribution >= 4 is 32.7 Å². The second-order valence-corrected chi connectivity index (χ2v) is 4.98. The third-order valence-electron chi connectivity index (χ3n) is 2.30. The Morgan fingerprint density at radius 2 is 2.31 bits per heavy atom. The highest BCUT2D eigenvalue weighted by Gasteiger charge is 2.12. The number of aromatic amines is 1. The van der Waals surface area contributed by atoms with Gasteiger partial charge in [0.25, 0.3) is 0 Å². The molecule has 16 heavy (non-hydrogen) atoms. The van der Waals surface area contributed by atoms with Gasteiger partial charge in [0.05, 0.1) is 15.5 Å². The first-order valence-electron chi connectivity index (χ1n) is 5.14. The quantitative estimate of drug-likeness (QED) is 0.906. The zero-order valence-electron chi connectivity index (χ0n) is 9.14. The highest BCUT2D eigenvalue weighted by molar-refractivity contribution is 9.10. The molecule has 0 fully saturated rings. The molecule has 2 aromatic rings. The molecule has 0 aliphatic carbocycles. The van der Waals surface area contributed by atoms with Gasteiger partial charge in [0.15, 0.2) is 5.82 Å². The molecular formula is C11H13BrFN3. The number of hydrogen-bond acceptors (Lipinski definition) is 2. The SMILES string of the molecule is CC(C)CNc1c[nH]c2ncc(Br)c(F)c12. The van der Waals surface area contributed by atoms with Gasteiger partial charge >= 0.3 is 0 Å². The molecular weight excluding hydrogens is 273 g/mol.